The maximum atomic E-state index is 12.0. The lowest BCUT2D eigenvalue weighted by molar-refractivity contribution is 0.0949. The molecule has 0 fully saturated rings. The van der Waals surface area contributed by atoms with Gasteiger partial charge in [-0.25, -0.2) is 0 Å². The Balaban J connectivity index is 2.05. The van der Waals surface area contributed by atoms with Gasteiger partial charge in [-0.15, -0.1) is 0 Å². The summed E-state index contributed by atoms with van der Waals surface area (Å²) in [5.41, 5.74) is 1.62. The fourth-order valence-electron chi connectivity index (χ4n) is 1.48. The molecule has 0 bridgehead atoms. The quantitative estimate of drug-likeness (QED) is 0.945. The standard InChI is InChI=1S/C12H12BrN3O2/c1-7-3-4-10(13)9(5-7)12(17)14-6-11-15-8(2)18-16-11/h3-5H,6H2,1-2H3,(H,14,17). The number of benzene rings is 1. The normalized spacial score (nSPS) is 10.4. The van der Waals surface area contributed by atoms with E-state index in [0.717, 1.165) is 10.0 Å². The minimum absolute atomic E-state index is 0.173. The van der Waals surface area contributed by atoms with Crippen LogP contribution in [0.3, 0.4) is 0 Å². The molecule has 0 aliphatic carbocycles. The van der Waals surface area contributed by atoms with E-state index in [9.17, 15) is 4.79 Å². The van der Waals surface area contributed by atoms with Crippen molar-refractivity contribution < 1.29 is 9.32 Å². The molecule has 0 aliphatic heterocycles. The highest BCUT2D eigenvalue weighted by Gasteiger charge is 2.11. The van der Waals surface area contributed by atoms with Crippen LogP contribution in [0.5, 0.6) is 0 Å². The van der Waals surface area contributed by atoms with Gasteiger partial charge in [0, 0.05) is 11.4 Å². The molecule has 1 aromatic heterocycles. The first-order valence-electron chi connectivity index (χ1n) is 5.40. The van der Waals surface area contributed by atoms with E-state index in [1.807, 2.05) is 25.1 Å². The summed E-state index contributed by atoms with van der Waals surface area (Å²) >= 11 is 3.35. The number of aryl methyl sites for hydroxylation is 2. The number of rotatable bonds is 3. The third kappa shape index (κ3) is 2.95. The van der Waals surface area contributed by atoms with Crippen LogP contribution in [-0.2, 0) is 6.54 Å². The summed E-state index contributed by atoms with van der Waals surface area (Å²) in [6.07, 6.45) is 0. The number of amides is 1. The number of nitrogens with one attached hydrogen (secondary N) is 1. The summed E-state index contributed by atoms with van der Waals surface area (Å²) in [7, 11) is 0. The van der Waals surface area contributed by atoms with Crippen molar-refractivity contribution in [1.82, 2.24) is 15.5 Å². The van der Waals surface area contributed by atoms with Gasteiger partial charge in [0.2, 0.25) is 5.89 Å². The van der Waals surface area contributed by atoms with E-state index in [1.54, 1.807) is 6.92 Å². The van der Waals surface area contributed by atoms with Crippen molar-refractivity contribution in [3.05, 3.63) is 45.5 Å². The predicted molar refractivity (Wildman–Crippen MR) is 69.1 cm³/mol. The van der Waals surface area contributed by atoms with Crippen LogP contribution < -0.4 is 5.32 Å². The molecule has 0 atom stereocenters. The van der Waals surface area contributed by atoms with Crippen molar-refractivity contribution in [2.24, 2.45) is 0 Å². The zero-order valence-electron chi connectivity index (χ0n) is 10.0. The molecule has 0 aliphatic rings. The molecule has 2 rings (SSSR count). The summed E-state index contributed by atoms with van der Waals surface area (Å²) < 4.78 is 5.58. The Hall–Kier alpha value is -1.69. The topological polar surface area (TPSA) is 68.0 Å². The van der Waals surface area contributed by atoms with E-state index in [1.165, 1.54) is 0 Å². The van der Waals surface area contributed by atoms with Crippen LogP contribution >= 0.6 is 15.9 Å². The number of carbonyl (C=O) groups is 1. The van der Waals surface area contributed by atoms with Gasteiger partial charge in [0.25, 0.3) is 5.91 Å². The summed E-state index contributed by atoms with van der Waals surface area (Å²) in [5, 5.41) is 6.45. The summed E-state index contributed by atoms with van der Waals surface area (Å²) in [5.74, 6) is 0.772. The van der Waals surface area contributed by atoms with E-state index >= 15 is 0 Å². The molecule has 6 heteroatoms. The predicted octanol–water partition coefficient (Wildman–Crippen LogP) is 2.38. The minimum atomic E-state index is -0.173. The largest absolute Gasteiger partial charge is 0.345 e. The second-order valence-electron chi connectivity index (χ2n) is 3.90. The maximum absolute atomic E-state index is 12.0. The van der Waals surface area contributed by atoms with Gasteiger partial charge in [0.15, 0.2) is 5.82 Å². The van der Waals surface area contributed by atoms with Crippen molar-refractivity contribution in [2.75, 3.05) is 0 Å². The van der Waals surface area contributed by atoms with Gasteiger partial charge < -0.3 is 9.84 Å². The lowest BCUT2D eigenvalue weighted by atomic mass is 10.1. The van der Waals surface area contributed by atoms with Crippen LogP contribution in [0.2, 0.25) is 0 Å². The Kier molecular flexibility index (Phi) is 3.76. The first-order chi connectivity index (χ1) is 8.56. The van der Waals surface area contributed by atoms with Crippen molar-refractivity contribution in [2.45, 2.75) is 20.4 Å². The monoisotopic (exact) mass is 309 g/mol. The molecule has 1 N–H and O–H groups in total. The van der Waals surface area contributed by atoms with Crippen LogP contribution in [0, 0.1) is 13.8 Å². The van der Waals surface area contributed by atoms with Crippen molar-refractivity contribution in [1.29, 1.82) is 0 Å². The van der Waals surface area contributed by atoms with Gasteiger partial charge in [-0.3, -0.25) is 4.79 Å². The Bertz CT molecular complexity index is 580. The summed E-state index contributed by atoms with van der Waals surface area (Å²) in [4.78, 5) is 16.0. The molecule has 0 unspecified atom stereocenters. The zero-order valence-corrected chi connectivity index (χ0v) is 11.6. The third-order valence-electron chi connectivity index (χ3n) is 2.34. The number of hydrogen-bond acceptors (Lipinski definition) is 4. The van der Waals surface area contributed by atoms with E-state index in [2.05, 4.69) is 31.4 Å². The molecular formula is C12H12BrN3O2. The van der Waals surface area contributed by atoms with Crippen molar-refractivity contribution in [3.8, 4) is 0 Å². The number of hydrogen-bond donors (Lipinski definition) is 1. The molecule has 0 saturated carbocycles. The number of carbonyl (C=O) groups excluding carboxylic acids is 1. The fraction of sp³-hybridized carbons (Fsp3) is 0.250. The van der Waals surface area contributed by atoms with Crippen LogP contribution in [0.25, 0.3) is 0 Å². The lowest BCUT2D eigenvalue weighted by Gasteiger charge is -2.05. The van der Waals surface area contributed by atoms with Crippen LogP contribution in [0.4, 0.5) is 0 Å². The molecule has 1 heterocycles. The van der Waals surface area contributed by atoms with Gasteiger partial charge in [-0.05, 0) is 35.0 Å². The molecule has 0 spiro atoms. The molecule has 94 valence electrons. The number of halogens is 1. The number of aromatic nitrogens is 2. The molecule has 2 aromatic rings. The van der Waals surface area contributed by atoms with Gasteiger partial charge in [-0.2, -0.15) is 4.98 Å². The molecule has 1 amide bonds. The Morgan fingerprint density at radius 3 is 2.89 bits per heavy atom. The van der Waals surface area contributed by atoms with E-state index in [4.69, 9.17) is 4.52 Å². The Morgan fingerprint density at radius 1 is 1.44 bits per heavy atom. The molecule has 5 nitrogen and oxygen atoms in total. The second kappa shape index (κ2) is 5.30. The lowest BCUT2D eigenvalue weighted by Crippen LogP contribution is -2.23. The average molecular weight is 310 g/mol. The molecule has 0 saturated heterocycles. The molecule has 1 aromatic carbocycles. The highest BCUT2D eigenvalue weighted by molar-refractivity contribution is 9.10. The summed E-state index contributed by atoms with van der Waals surface area (Å²) in [6.45, 7) is 3.89. The van der Waals surface area contributed by atoms with Gasteiger partial charge in [0.05, 0.1) is 12.1 Å². The first-order valence-corrected chi connectivity index (χ1v) is 6.19. The van der Waals surface area contributed by atoms with Crippen LogP contribution in [0.1, 0.15) is 27.6 Å². The average Bonchev–Trinajstić information content (AvgIpc) is 2.75. The van der Waals surface area contributed by atoms with E-state index < -0.39 is 0 Å². The van der Waals surface area contributed by atoms with Crippen molar-refractivity contribution >= 4 is 21.8 Å². The van der Waals surface area contributed by atoms with Gasteiger partial charge >= 0.3 is 0 Å². The highest BCUT2D eigenvalue weighted by Crippen LogP contribution is 2.17. The van der Waals surface area contributed by atoms with E-state index in [0.29, 0.717) is 17.3 Å². The highest BCUT2D eigenvalue weighted by atomic mass is 79.9. The minimum Gasteiger partial charge on any atom is -0.345 e. The fourth-order valence-corrected chi connectivity index (χ4v) is 1.91. The molecular weight excluding hydrogens is 298 g/mol. The zero-order chi connectivity index (χ0) is 13.1. The first kappa shape index (κ1) is 12.8. The van der Waals surface area contributed by atoms with Gasteiger partial charge in [0.1, 0.15) is 0 Å². The smallest absolute Gasteiger partial charge is 0.252 e. The maximum Gasteiger partial charge on any atom is 0.252 e. The van der Waals surface area contributed by atoms with Crippen molar-refractivity contribution in [3.63, 3.8) is 0 Å². The summed E-state index contributed by atoms with van der Waals surface area (Å²) in [6, 6.07) is 5.60. The van der Waals surface area contributed by atoms with Crippen LogP contribution in [-0.4, -0.2) is 16.0 Å². The van der Waals surface area contributed by atoms with E-state index in [-0.39, 0.29) is 12.5 Å². The molecule has 18 heavy (non-hydrogen) atoms. The second-order valence-corrected chi connectivity index (χ2v) is 4.75. The molecule has 0 radical (unpaired) electrons. The van der Waals surface area contributed by atoms with Gasteiger partial charge in [-0.1, -0.05) is 16.8 Å². The Labute approximate surface area is 113 Å². The third-order valence-corrected chi connectivity index (χ3v) is 3.03. The SMILES string of the molecule is Cc1ccc(Br)c(C(=O)NCc2noc(C)n2)c1. The van der Waals surface area contributed by atoms with Crippen LogP contribution in [0.15, 0.2) is 27.2 Å². The number of nitrogens with zero attached hydrogens (tertiary/aromatic N) is 2. The Morgan fingerprint density at radius 2 is 2.22 bits per heavy atom.